The van der Waals surface area contributed by atoms with Gasteiger partial charge in [0, 0.05) is 22.0 Å². The van der Waals surface area contributed by atoms with Crippen molar-refractivity contribution in [3.63, 3.8) is 0 Å². The summed E-state index contributed by atoms with van der Waals surface area (Å²) in [5.74, 6) is -1.30. The summed E-state index contributed by atoms with van der Waals surface area (Å²) < 4.78 is 18.4. The quantitative estimate of drug-likeness (QED) is 0.399. The lowest BCUT2D eigenvalue weighted by molar-refractivity contribution is -0.142. The number of anilines is 1. The molecule has 0 aliphatic rings. The molecule has 28 heavy (non-hydrogen) atoms. The van der Waals surface area contributed by atoms with E-state index in [-0.39, 0.29) is 11.7 Å². The second kappa shape index (κ2) is 9.43. The van der Waals surface area contributed by atoms with Crippen molar-refractivity contribution in [2.45, 2.75) is 6.92 Å². The van der Waals surface area contributed by atoms with E-state index in [0.29, 0.717) is 17.8 Å². The van der Waals surface area contributed by atoms with Gasteiger partial charge in [0.2, 0.25) is 0 Å². The summed E-state index contributed by atoms with van der Waals surface area (Å²) in [5.41, 5.74) is 0.965. The van der Waals surface area contributed by atoms with Crippen LogP contribution >= 0.6 is 22.7 Å². The highest BCUT2D eigenvalue weighted by atomic mass is 32.1. The number of esters is 1. The van der Waals surface area contributed by atoms with Crippen molar-refractivity contribution in [3.05, 3.63) is 74.9 Å². The molecule has 1 aromatic carbocycles. The van der Waals surface area contributed by atoms with Gasteiger partial charge >= 0.3 is 5.97 Å². The molecule has 1 amide bonds. The van der Waals surface area contributed by atoms with Crippen molar-refractivity contribution in [3.8, 4) is 0 Å². The molecule has 3 rings (SSSR count). The number of hydrogen-bond donors (Lipinski definition) is 0. The summed E-state index contributed by atoms with van der Waals surface area (Å²) in [4.78, 5) is 28.3. The fraction of sp³-hybridized carbons (Fsp3) is 0.143. The van der Waals surface area contributed by atoms with Crippen LogP contribution in [0.5, 0.6) is 0 Å². The monoisotopic (exact) mass is 415 g/mol. The fourth-order valence-corrected chi connectivity index (χ4v) is 3.97. The van der Waals surface area contributed by atoms with E-state index in [4.69, 9.17) is 4.74 Å². The number of thiophene rings is 2. The molecule has 0 aliphatic heterocycles. The molecule has 0 spiro atoms. The third kappa shape index (κ3) is 4.94. The van der Waals surface area contributed by atoms with Crippen LogP contribution in [-0.2, 0) is 14.3 Å². The lowest BCUT2D eigenvalue weighted by atomic mass is 10.2. The molecule has 144 valence electrons. The van der Waals surface area contributed by atoms with Gasteiger partial charge in [0.15, 0.2) is 6.61 Å². The molecule has 0 saturated carbocycles. The zero-order valence-electron chi connectivity index (χ0n) is 15.1. The minimum atomic E-state index is -0.556. The molecule has 7 heteroatoms. The first-order valence-corrected chi connectivity index (χ1v) is 10.4. The van der Waals surface area contributed by atoms with Gasteiger partial charge in [0.1, 0.15) is 5.82 Å². The van der Waals surface area contributed by atoms with Gasteiger partial charge in [-0.1, -0.05) is 12.1 Å². The van der Waals surface area contributed by atoms with Gasteiger partial charge in [-0.15, -0.1) is 22.7 Å². The highest BCUT2D eigenvalue weighted by Crippen LogP contribution is 2.26. The zero-order chi connectivity index (χ0) is 19.9. The average Bonchev–Trinajstić information content (AvgIpc) is 3.40. The number of hydrogen-bond acceptors (Lipinski definition) is 5. The number of amides is 1. The molecule has 2 aromatic heterocycles. The van der Waals surface area contributed by atoms with Crippen LogP contribution in [0.4, 0.5) is 10.1 Å². The van der Waals surface area contributed by atoms with Gasteiger partial charge in [0.25, 0.3) is 5.91 Å². The Balaban J connectivity index is 1.71. The molecule has 0 bridgehead atoms. The number of likely N-dealkylation sites (N-methyl/N-ethyl adjacent to an activating group) is 1. The number of carbonyl (C=O) groups excluding carboxylic acids is 2. The molecule has 0 fully saturated rings. The van der Waals surface area contributed by atoms with Crippen molar-refractivity contribution in [2.24, 2.45) is 0 Å². The third-order valence-electron chi connectivity index (χ3n) is 3.92. The molecular weight excluding hydrogens is 397 g/mol. The summed E-state index contributed by atoms with van der Waals surface area (Å²) in [6, 6.07) is 13.1. The number of benzene rings is 1. The van der Waals surface area contributed by atoms with Gasteiger partial charge in [-0.05, 0) is 60.2 Å². The van der Waals surface area contributed by atoms with E-state index in [9.17, 15) is 14.0 Å². The maximum atomic E-state index is 13.1. The van der Waals surface area contributed by atoms with Gasteiger partial charge in [-0.3, -0.25) is 4.79 Å². The summed E-state index contributed by atoms with van der Waals surface area (Å²) in [7, 11) is 0. The summed E-state index contributed by atoms with van der Waals surface area (Å²) in [6.07, 6.45) is 1.76. The van der Waals surface area contributed by atoms with Crippen LogP contribution < -0.4 is 4.90 Å². The second-order valence-electron chi connectivity index (χ2n) is 5.74. The van der Waals surface area contributed by atoms with E-state index in [1.807, 2.05) is 35.0 Å². The SMILES string of the molecule is CCN(C(=O)COC(=O)/C(=C/c1cccs1)c1cccs1)c1ccc(F)cc1. The minimum Gasteiger partial charge on any atom is -0.452 e. The number of ether oxygens (including phenoxy) is 1. The van der Waals surface area contributed by atoms with Gasteiger partial charge < -0.3 is 9.64 Å². The minimum absolute atomic E-state index is 0.371. The van der Waals surface area contributed by atoms with Gasteiger partial charge in [-0.25, -0.2) is 9.18 Å². The molecule has 0 aliphatic carbocycles. The Labute approximate surface area is 170 Å². The van der Waals surface area contributed by atoms with E-state index < -0.39 is 12.6 Å². The predicted molar refractivity (Wildman–Crippen MR) is 112 cm³/mol. The predicted octanol–water partition coefficient (Wildman–Crippen LogP) is 5.09. The fourth-order valence-electron chi connectivity index (χ4n) is 2.59. The highest BCUT2D eigenvalue weighted by molar-refractivity contribution is 7.12. The molecular formula is C21H18FNO3S2. The lowest BCUT2D eigenvalue weighted by Gasteiger charge is -2.21. The van der Waals surface area contributed by atoms with E-state index in [1.165, 1.54) is 51.8 Å². The molecule has 0 radical (unpaired) electrons. The van der Waals surface area contributed by atoms with Crippen molar-refractivity contribution >= 4 is 51.9 Å². The molecule has 4 nitrogen and oxygen atoms in total. The Morgan fingerprint density at radius 1 is 1.07 bits per heavy atom. The third-order valence-corrected chi connectivity index (χ3v) is 5.64. The summed E-state index contributed by atoms with van der Waals surface area (Å²) in [5, 5.41) is 3.80. The van der Waals surface area contributed by atoms with E-state index in [1.54, 1.807) is 13.0 Å². The molecule has 2 heterocycles. The Hall–Kier alpha value is -2.77. The Morgan fingerprint density at radius 2 is 1.79 bits per heavy atom. The van der Waals surface area contributed by atoms with Crippen LogP contribution in [0.25, 0.3) is 11.6 Å². The Bertz CT molecular complexity index is 948. The van der Waals surface area contributed by atoms with Gasteiger partial charge in [-0.2, -0.15) is 0 Å². The van der Waals surface area contributed by atoms with E-state index in [2.05, 4.69) is 0 Å². The summed E-state index contributed by atoms with van der Waals surface area (Å²) in [6.45, 7) is 1.79. The Morgan fingerprint density at radius 3 is 2.39 bits per heavy atom. The van der Waals surface area contributed by atoms with Crippen LogP contribution in [-0.4, -0.2) is 25.0 Å². The maximum absolute atomic E-state index is 13.1. The van der Waals surface area contributed by atoms with Crippen molar-refractivity contribution in [1.29, 1.82) is 0 Å². The molecule has 0 atom stereocenters. The van der Waals surface area contributed by atoms with Crippen molar-refractivity contribution in [1.82, 2.24) is 0 Å². The smallest absolute Gasteiger partial charge is 0.340 e. The van der Waals surface area contributed by atoms with Gasteiger partial charge in [0.05, 0.1) is 5.57 Å². The van der Waals surface area contributed by atoms with Crippen LogP contribution in [0.15, 0.2) is 59.3 Å². The van der Waals surface area contributed by atoms with E-state index in [0.717, 1.165) is 9.75 Å². The lowest BCUT2D eigenvalue weighted by Crippen LogP contribution is -2.34. The Kier molecular flexibility index (Phi) is 6.73. The normalized spacial score (nSPS) is 11.3. The first-order valence-electron chi connectivity index (χ1n) is 8.60. The zero-order valence-corrected chi connectivity index (χ0v) is 16.8. The van der Waals surface area contributed by atoms with Crippen molar-refractivity contribution in [2.75, 3.05) is 18.1 Å². The van der Waals surface area contributed by atoms with Crippen LogP contribution in [0.2, 0.25) is 0 Å². The first-order chi connectivity index (χ1) is 13.6. The van der Waals surface area contributed by atoms with Crippen LogP contribution in [0, 0.1) is 5.82 Å². The highest BCUT2D eigenvalue weighted by Gasteiger charge is 2.20. The van der Waals surface area contributed by atoms with Crippen molar-refractivity contribution < 1.29 is 18.7 Å². The number of rotatable bonds is 7. The van der Waals surface area contributed by atoms with E-state index >= 15 is 0 Å². The van der Waals surface area contributed by atoms with Crippen LogP contribution in [0.1, 0.15) is 16.7 Å². The topological polar surface area (TPSA) is 46.6 Å². The largest absolute Gasteiger partial charge is 0.452 e. The number of nitrogens with zero attached hydrogens (tertiary/aromatic N) is 1. The first kappa shape index (κ1) is 20.0. The number of halogens is 1. The van der Waals surface area contributed by atoms with Crippen LogP contribution in [0.3, 0.4) is 0 Å². The second-order valence-corrected chi connectivity index (χ2v) is 7.67. The molecule has 0 saturated heterocycles. The summed E-state index contributed by atoms with van der Waals surface area (Å²) >= 11 is 2.94. The average molecular weight is 416 g/mol. The number of carbonyl (C=O) groups is 2. The maximum Gasteiger partial charge on any atom is 0.340 e. The molecule has 0 unspecified atom stereocenters. The molecule has 3 aromatic rings. The molecule has 0 N–H and O–H groups in total. The standard InChI is InChI=1S/C21H18FNO3S2/c1-2-23(16-9-7-15(22)8-10-16)20(24)14-26-21(25)18(19-6-4-12-28-19)13-17-5-3-11-27-17/h3-13H,2,14H2,1H3/b18-13+.